The molecule has 5 heteroatoms. The predicted octanol–water partition coefficient (Wildman–Crippen LogP) is 3.33. The first kappa shape index (κ1) is 5.97. The Morgan fingerprint density at radius 3 is 1.57 bits per heavy atom. The second kappa shape index (κ2) is 2.41. The average Bonchev–Trinajstić information content (AvgIpc) is 1.87. The fraction of sp³-hybridized carbons (Fsp3) is 0. The molecule has 0 nitrogen and oxygen atoms in total. The minimum absolute atomic E-state index is 0.940. The van der Waals surface area contributed by atoms with Crippen LogP contribution in [-0.2, 0) is 0 Å². The van der Waals surface area contributed by atoms with Crippen LogP contribution in [-0.4, -0.2) is 0 Å². The van der Waals surface area contributed by atoms with Crippen LogP contribution in [0.1, 0.15) is 0 Å². The molecule has 1 rings (SSSR count). The van der Waals surface area contributed by atoms with E-state index < -0.39 is 0 Å². The highest BCUT2D eigenvalue weighted by atomic mass is 32.9. The van der Waals surface area contributed by atoms with E-state index in [1.807, 2.05) is 0 Å². The molecular weight excluding hydrogens is 184 g/mol. The van der Waals surface area contributed by atoms with Crippen molar-refractivity contribution in [2.45, 2.75) is 0 Å². The molecule has 7 heavy (non-hydrogen) atoms. The zero-order valence-corrected chi connectivity index (χ0v) is 7.12. The third-order valence-electron chi connectivity index (χ3n) is 0.344. The molecular formula is C2S5. The van der Waals surface area contributed by atoms with Gasteiger partial charge in [0.05, 0.1) is 0 Å². The Kier molecular flexibility index (Phi) is 2.05. The Labute approximate surface area is 62.5 Å². The molecule has 0 aromatic carbocycles. The first-order valence-corrected chi connectivity index (χ1v) is 5.17. The summed E-state index contributed by atoms with van der Waals surface area (Å²) in [6, 6.07) is 0. The van der Waals surface area contributed by atoms with Crippen LogP contribution >= 0.6 is 56.5 Å². The van der Waals surface area contributed by atoms with Gasteiger partial charge in [-0.3, -0.25) is 0 Å². The Balaban J connectivity index is 3.59. The quantitative estimate of drug-likeness (QED) is 0.448. The summed E-state index contributed by atoms with van der Waals surface area (Å²) in [5.74, 6) is 0. The van der Waals surface area contributed by atoms with Crippen LogP contribution in [0.5, 0.6) is 0 Å². The van der Waals surface area contributed by atoms with Gasteiger partial charge in [-0.2, -0.15) is 0 Å². The van der Waals surface area contributed by atoms with Crippen molar-refractivity contribution in [3.8, 4) is 0 Å². The maximum atomic E-state index is 4.81. The SMILES string of the molecule is S=c1ssc(=S)s1. The summed E-state index contributed by atoms with van der Waals surface area (Å²) < 4.78 is 1.88. The van der Waals surface area contributed by atoms with E-state index >= 15 is 0 Å². The van der Waals surface area contributed by atoms with Crippen LogP contribution in [0.15, 0.2) is 0 Å². The monoisotopic (exact) mass is 184 g/mol. The Morgan fingerprint density at radius 1 is 1.00 bits per heavy atom. The van der Waals surface area contributed by atoms with Crippen LogP contribution in [0.3, 0.4) is 0 Å². The van der Waals surface area contributed by atoms with Crippen molar-refractivity contribution in [2.75, 3.05) is 0 Å². The number of hydrogen-bond acceptors (Lipinski definition) is 5. The highest BCUT2D eigenvalue weighted by Gasteiger charge is 1.79. The summed E-state index contributed by atoms with van der Waals surface area (Å²) in [4.78, 5) is 0. The highest BCUT2D eigenvalue weighted by molar-refractivity contribution is 7.88. The summed E-state index contributed by atoms with van der Waals surface area (Å²) in [5.41, 5.74) is 0. The molecule has 0 aliphatic rings. The zero-order chi connectivity index (χ0) is 5.28. The maximum Gasteiger partial charge on any atom is 0.155 e. The molecule has 0 fully saturated rings. The van der Waals surface area contributed by atoms with Crippen molar-refractivity contribution >= 4 is 56.5 Å². The molecule has 1 heterocycles. The van der Waals surface area contributed by atoms with E-state index in [4.69, 9.17) is 24.4 Å². The second-order valence-corrected chi connectivity index (χ2v) is 6.31. The minimum atomic E-state index is 0.940. The van der Waals surface area contributed by atoms with Gasteiger partial charge in [0.1, 0.15) is 0 Å². The van der Waals surface area contributed by atoms with Crippen molar-refractivity contribution in [3.05, 3.63) is 6.28 Å². The van der Waals surface area contributed by atoms with Gasteiger partial charge in [-0.15, -0.1) is 0 Å². The van der Waals surface area contributed by atoms with Gasteiger partial charge in [0.2, 0.25) is 0 Å². The average molecular weight is 184 g/mol. The van der Waals surface area contributed by atoms with E-state index in [0.717, 1.165) is 6.28 Å². The topological polar surface area (TPSA) is 0 Å². The first-order valence-electron chi connectivity index (χ1n) is 1.39. The molecule has 0 aliphatic carbocycles. The number of rotatable bonds is 0. The molecule has 0 saturated heterocycles. The van der Waals surface area contributed by atoms with Gasteiger partial charge < -0.3 is 0 Å². The molecule has 0 N–H and O–H groups in total. The molecule has 0 atom stereocenters. The van der Waals surface area contributed by atoms with E-state index in [9.17, 15) is 0 Å². The highest BCUT2D eigenvalue weighted by Crippen LogP contribution is 2.18. The lowest BCUT2D eigenvalue weighted by Gasteiger charge is -1.47. The van der Waals surface area contributed by atoms with E-state index in [1.165, 1.54) is 11.3 Å². The van der Waals surface area contributed by atoms with Crippen molar-refractivity contribution in [1.82, 2.24) is 0 Å². The summed E-state index contributed by atoms with van der Waals surface area (Å²) in [6.07, 6.45) is 0. The fourth-order valence-electron chi connectivity index (χ4n) is 0.170. The zero-order valence-electron chi connectivity index (χ0n) is 3.04. The van der Waals surface area contributed by atoms with Gasteiger partial charge in [0, 0.05) is 0 Å². The Morgan fingerprint density at radius 2 is 1.43 bits per heavy atom. The van der Waals surface area contributed by atoms with Crippen molar-refractivity contribution in [1.29, 1.82) is 0 Å². The second-order valence-electron chi connectivity index (χ2n) is 0.769. The Bertz CT molecular complexity index is 210. The van der Waals surface area contributed by atoms with Gasteiger partial charge in [-0.1, -0.05) is 56.5 Å². The van der Waals surface area contributed by atoms with Gasteiger partial charge in [-0.05, 0) is 0 Å². The smallest absolute Gasteiger partial charge is 0.0900 e. The van der Waals surface area contributed by atoms with E-state index in [2.05, 4.69) is 0 Å². The molecule has 0 bridgehead atoms. The van der Waals surface area contributed by atoms with Gasteiger partial charge in [0.15, 0.2) is 6.28 Å². The normalized spacial score (nSPS) is 9.14. The molecule has 0 aliphatic heterocycles. The lowest BCUT2D eigenvalue weighted by atomic mass is 11.9. The lowest BCUT2D eigenvalue weighted by molar-refractivity contribution is 2.67. The maximum absolute atomic E-state index is 4.81. The van der Waals surface area contributed by atoms with E-state index in [1.54, 1.807) is 20.7 Å². The molecule has 38 valence electrons. The molecule has 0 radical (unpaired) electrons. The van der Waals surface area contributed by atoms with Crippen LogP contribution in [0.4, 0.5) is 0 Å². The van der Waals surface area contributed by atoms with Crippen LogP contribution in [0.25, 0.3) is 0 Å². The van der Waals surface area contributed by atoms with Crippen molar-refractivity contribution < 1.29 is 0 Å². The molecule has 0 amide bonds. The third-order valence-corrected chi connectivity index (χ3v) is 5.55. The minimum Gasteiger partial charge on any atom is -0.0900 e. The van der Waals surface area contributed by atoms with Gasteiger partial charge in [-0.25, -0.2) is 0 Å². The standard InChI is InChI=1S/C2S5/c3-1-5-2(4)7-6-1. The Hall–Kier alpha value is 0.840. The summed E-state index contributed by atoms with van der Waals surface area (Å²) in [5, 5.41) is 0. The third kappa shape index (κ3) is 1.65. The first-order chi connectivity index (χ1) is 3.29. The van der Waals surface area contributed by atoms with Gasteiger partial charge in [0.25, 0.3) is 0 Å². The summed E-state index contributed by atoms with van der Waals surface area (Å²) >= 11 is 11.1. The lowest BCUT2D eigenvalue weighted by Crippen LogP contribution is -1.18. The van der Waals surface area contributed by atoms with Crippen LogP contribution in [0.2, 0.25) is 0 Å². The summed E-state index contributed by atoms with van der Waals surface area (Å²) in [6.45, 7) is 0. The van der Waals surface area contributed by atoms with Gasteiger partial charge >= 0.3 is 0 Å². The molecule has 1 aromatic heterocycles. The van der Waals surface area contributed by atoms with E-state index in [-0.39, 0.29) is 0 Å². The predicted molar refractivity (Wildman–Crippen MR) is 41.7 cm³/mol. The van der Waals surface area contributed by atoms with Crippen molar-refractivity contribution in [3.63, 3.8) is 0 Å². The van der Waals surface area contributed by atoms with Crippen molar-refractivity contribution in [2.24, 2.45) is 0 Å². The van der Waals surface area contributed by atoms with Crippen LogP contribution < -0.4 is 0 Å². The van der Waals surface area contributed by atoms with Crippen LogP contribution in [0, 0.1) is 6.28 Å². The molecule has 1 aromatic rings. The molecule has 0 unspecified atom stereocenters. The number of hydrogen-bond donors (Lipinski definition) is 0. The molecule has 0 saturated carbocycles. The summed E-state index contributed by atoms with van der Waals surface area (Å²) in [7, 11) is 3.15. The molecule has 0 spiro atoms. The van der Waals surface area contributed by atoms with E-state index in [0.29, 0.717) is 0 Å². The largest absolute Gasteiger partial charge is 0.155 e. The fourth-order valence-corrected chi connectivity index (χ4v) is 4.59.